The fraction of sp³-hybridized carbons (Fsp3) is 0.115. The van der Waals surface area contributed by atoms with E-state index in [1.165, 1.54) is 0 Å². The third kappa shape index (κ3) is 3.85. The topological polar surface area (TPSA) is 93.8 Å². The number of rotatable bonds is 5. The van der Waals surface area contributed by atoms with Crippen LogP contribution in [0, 0.1) is 5.41 Å². The maximum atomic E-state index is 11.3. The molecule has 5 rings (SSSR count). The molecule has 0 aliphatic carbocycles. The van der Waals surface area contributed by atoms with Gasteiger partial charge in [0.2, 0.25) is 0 Å². The summed E-state index contributed by atoms with van der Waals surface area (Å²) in [6.07, 6.45) is 0. The molecule has 0 aliphatic heterocycles. The van der Waals surface area contributed by atoms with Gasteiger partial charge >= 0.3 is 0 Å². The van der Waals surface area contributed by atoms with Crippen molar-refractivity contribution in [1.29, 1.82) is 5.41 Å². The second-order valence-corrected chi connectivity index (χ2v) is 8.12. The molecule has 164 valence electrons. The molecule has 0 atom stereocenters. The number of aromatic amines is 1. The number of aromatic hydroxyl groups is 1. The van der Waals surface area contributed by atoms with Gasteiger partial charge in [0, 0.05) is 25.2 Å². The average Bonchev–Trinajstić information content (AvgIpc) is 3.39. The number of aromatic nitrogens is 4. The molecule has 0 amide bonds. The van der Waals surface area contributed by atoms with Crippen molar-refractivity contribution in [1.82, 2.24) is 24.6 Å². The van der Waals surface area contributed by atoms with Crippen LogP contribution in [0.3, 0.4) is 0 Å². The summed E-state index contributed by atoms with van der Waals surface area (Å²) >= 11 is 0. The highest BCUT2D eigenvalue weighted by Gasteiger charge is 2.22. The maximum absolute atomic E-state index is 11.3. The summed E-state index contributed by atoms with van der Waals surface area (Å²) in [4.78, 5) is 9.70. The molecule has 0 bridgehead atoms. The zero-order valence-electron chi connectivity index (χ0n) is 18.4. The summed E-state index contributed by atoms with van der Waals surface area (Å²) in [6.45, 7) is 0.517. The van der Waals surface area contributed by atoms with Gasteiger partial charge in [0.25, 0.3) is 0 Å². The molecule has 0 fully saturated rings. The first-order valence-corrected chi connectivity index (χ1v) is 10.7. The quantitative estimate of drug-likeness (QED) is 0.274. The van der Waals surface area contributed by atoms with Crippen molar-refractivity contribution in [2.24, 2.45) is 0 Å². The lowest BCUT2D eigenvalue weighted by atomic mass is 10.1. The Morgan fingerprint density at radius 3 is 2.39 bits per heavy atom. The van der Waals surface area contributed by atoms with Gasteiger partial charge in [0.1, 0.15) is 11.5 Å². The fourth-order valence-electron chi connectivity index (χ4n) is 3.89. The van der Waals surface area contributed by atoms with Crippen LogP contribution in [-0.4, -0.2) is 49.7 Å². The minimum absolute atomic E-state index is 0.0810. The Kier molecular flexibility index (Phi) is 5.14. The minimum atomic E-state index is 0.0810. The zero-order chi connectivity index (χ0) is 22.9. The molecule has 0 radical (unpaired) electrons. The number of nitrogens with zero attached hydrogens (tertiary/aromatic N) is 4. The van der Waals surface area contributed by atoms with Crippen molar-refractivity contribution >= 4 is 16.9 Å². The van der Waals surface area contributed by atoms with Gasteiger partial charge in [-0.25, -0.2) is 4.98 Å². The molecule has 2 aromatic heterocycles. The van der Waals surface area contributed by atoms with Crippen LogP contribution in [0.25, 0.3) is 33.8 Å². The van der Waals surface area contributed by atoms with E-state index in [2.05, 4.69) is 9.97 Å². The van der Waals surface area contributed by atoms with E-state index in [1.54, 1.807) is 4.90 Å². The number of imidazole rings is 1. The van der Waals surface area contributed by atoms with Crippen molar-refractivity contribution in [2.45, 2.75) is 6.54 Å². The molecule has 5 aromatic rings. The summed E-state index contributed by atoms with van der Waals surface area (Å²) < 4.78 is 1.82. The Balaban J connectivity index is 1.62. The smallest absolute Gasteiger partial charge is 0.173 e. The molecule has 0 saturated carbocycles. The van der Waals surface area contributed by atoms with E-state index in [1.807, 2.05) is 97.6 Å². The zero-order valence-corrected chi connectivity index (χ0v) is 18.4. The van der Waals surface area contributed by atoms with Gasteiger partial charge < -0.3 is 15.0 Å². The fourth-order valence-corrected chi connectivity index (χ4v) is 3.89. The molecule has 2 heterocycles. The third-order valence-electron chi connectivity index (χ3n) is 5.58. The standard InChI is InChI=1S/C26H24N6O/c1-31(2)25(27)19-13-14-20-21(15-19)29-26(28-20)22-24(33)23(18-11-7-4-8-12-18)32(30-22)16-17-9-5-3-6-10-17/h3-15,27,33H,16H2,1-2H3,(H,28,29). The highest BCUT2D eigenvalue weighted by atomic mass is 16.3. The number of fused-ring (bicyclic) bond motifs is 1. The lowest BCUT2D eigenvalue weighted by molar-refractivity contribution is 0.478. The largest absolute Gasteiger partial charge is 0.504 e. The highest BCUT2D eigenvalue weighted by Crippen LogP contribution is 2.38. The molecule has 0 unspecified atom stereocenters. The van der Waals surface area contributed by atoms with Crippen LogP contribution in [0.2, 0.25) is 0 Å². The first-order chi connectivity index (χ1) is 16.0. The number of amidine groups is 1. The van der Waals surface area contributed by atoms with E-state index in [0.29, 0.717) is 29.6 Å². The minimum Gasteiger partial charge on any atom is -0.504 e. The normalized spacial score (nSPS) is 11.1. The van der Waals surface area contributed by atoms with Crippen LogP contribution in [0.5, 0.6) is 5.75 Å². The van der Waals surface area contributed by atoms with Gasteiger partial charge in [-0.15, -0.1) is 0 Å². The Morgan fingerprint density at radius 2 is 1.70 bits per heavy atom. The van der Waals surface area contributed by atoms with Crippen LogP contribution < -0.4 is 0 Å². The molecule has 0 aliphatic rings. The van der Waals surface area contributed by atoms with Crippen LogP contribution >= 0.6 is 0 Å². The number of nitrogens with one attached hydrogen (secondary N) is 2. The van der Waals surface area contributed by atoms with E-state index in [4.69, 9.17) is 10.5 Å². The lowest BCUT2D eigenvalue weighted by Crippen LogP contribution is -2.21. The van der Waals surface area contributed by atoms with E-state index < -0.39 is 0 Å². The van der Waals surface area contributed by atoms with Gasteiger partial charge in [-0.2, -0.15) is 5.10 Å². The second-order valence-electron chi connectivity index (χ2n) is 8.12. The average molecular weight is 437 g/mol. The van der Waals surface area contributed by atoms with Gasteiger partial charge in [0.15, 0.2) is 17.3 Å². The number of hydrogen-bond acceptors (Lipinski definition) is 4. The molecule has 0 spiro atoms. The Hall–Kier alpha value is -4.39. The molecule has 0 saturated heterocycles. The van der Waals surface area contributed by atoms with Gasteiger partial charge in [-0.3, -0.25) is 10.1 Å². The summed E-state index contributed by atoms with van der Waals surface area (Å²) in [6, 6.07) is 25.4. The molecule has 33 heavy (non-hydrogen) atoms. The van der Waals surface area contributed by atoms with Crippen molar-refractivity contribution < 1.29 is 5.11 Å². The van der Waals surface area contributed by atoms with Crippen LogP contribution in [-0.2, 0) is 6.54 Å². The molecule has 7 nitrogen and oxygen atoms in total. The van der Waals surface area contributed by atoms with Crippen LogP contribution in [0.4, 0.5) is 0 Å². The summed E-state index contributed by atoms with van der Waals surface area (Å²) in [5, 5.41) is 24.2. The maximum Gasteiger partial charge on any atom is 0.173 e. The number of H-pyrrole nitrogens is 1. The molecule has 3 aromatic carbocycles. The van der Waals surface area contributed by atoms with Gasteiger partial charge in [-0.1, -0.05) is 60.7 Å². The first kappa shape index (κ1) is 20.5. The predicted molar refractivity (Wildman–Crippen MR) is 130 cm³/mol. The third-order valence-corrected chi connectivity index (χ3v) is 5.58. The van der Waals surface area contributed by atoms with Crippen LogP contribution in [0.15, 0.2) is 78.9 Å². The number of benzene rings is 3. The predicted octanol–water partition coefficient (Wildman–Crippen LogP) is 4.73. The van der Waals surface area contributed by atoms with Crippen molar-refractivity contribution in [3.8, 4) is 28.5 Å². The van der Waals surface area contributed by atoms with E-state index in [9.17, 15) is 5.11 Å². The SMILES string of the molecule is CN(C)C(=N)c1ccc2nc(-c3nn(Cc4ccccc4)c(-c4ccccc4)c3O)[nH]c2c1. The van der Waals surface area contributed by atoms with Gasteiger partial charge in [0.05, 0.1) is 17.6 Å². The summed E-state index contributed by atoms with van der Waals surface area (Å²) in [5.41, 5.74) is 5.32. The Bertz CT molecular complexity index is 1430. The van der Waals surface area contributed by atoms with E-state index >= 15 is 0 Å². The molecule has 3 N–H and O–H groups in total. The highest BCUT2D eigenvalue weighted by molar-refractivity contribution is 5.99. The first-order valence-electron chi connectivity index (χ1n) is 10.7. The number of hydrogen-bond donors (Lipinski definition) is 3. The Labute approximate surface area is 191 Å². The molecule has 7 heteroatoms. The monoisotopic (exact) mass is 436 g/mol. The Morgan fingerprint density at radius 1 is 1.00 bits per heavy atom. The van der Waals surface area contributed by atoms with Crippen LogP contribution in [0.1, 0.15) is 11.1 Å². The van der Waals surface area contributed by atoms with Crippen molar-refractivity contribution in [3.05, 3.63) is 90.0 Å². The van der Waals surface area contributed by atoms with E-state index in [-0.39, 0.29) is 5.75 Å². The lowest BCUT2D eigenvalue weighted by Gasteiger charge is -2.13. The summed E-state index contributed by atoms with van der Waals surface area (Å²) in [5.74, 6) is 0.979. The second kappa shape index (κ2) is 8.27. The van der Waals surface area contributed by atoms with Gasteiger partial charge in [-0.05, 0) is 23.8 Å². The summed E-state index contributed by atoms with van der Waals surface area (Å²) in [7, 11) is 3.68. The van der Waals surface area contributed by atoms with Crippen molar-refractivity contribution in [2.75, 3.05) is 14.1 Å². The molecular formula is C26H24N6O. The van der Waals surface area contributed by atoms with E-state index in [0.717, 1.165) is 27.7 Å². The molecular weight excluding hydrogens is 412 g/mol. The van der Waals surface area contributed by atoms with Crippen molar-refractivity contribution in [3.63, 3.8) is 0 Å².